The van der Waals surface area contributed by atoms with Crippen LogP contribution in [0.1, 0.15) is 0 Å². The molecule has 2 rings (SSSR count). The van der Waals surface area contributed by atoms with Gasteiger partial charge in [0.2, 0.25) is 0 Å². The first kappa shape index (κ1) is 14.1. The summed E-state index contributed by atoms with van der Waals surface area (Å²) < 4.78 is 0. The number of nitrogens with zero attached hydrogens (tertiary/aromatic N) is 2. The molecule has 2 N–H and O–H groups in total. The van der Waals surface area contributed by atoms with Crippen molar-refractivity contribution in [2.24, 2.45) is 0 Å². The predicted molar refractivity (Wildman–Crippen MR) is 83.9 cm³/mol. The zero-order valence-corrected chi connectivity index (χ0v) is 12.3. The predicted octanol–water partition coefficient (Wildman–Crippen LogP) is 2.90. The zero-order chi connectivity index (χ0) is 14.9. The van der Waals surface area contributed by atoms with Crippen LogP contribution in [0.4, 0.5) is 11.4 Å². The van der Waals surface area contributed by atoms with Gasteiger partial charge in [-0.05, 0) is 36.4 Å². The Labute approximate surface area is 119 Å². The van der Waals surface area contributed by atoms with Crippen LogP contribution in [0.2, 0.25) is 0 Å². The number of hydrogen-bond acceptors (Lipinski definition) is 4. The third-order valence-corrected chi connectivity index (χ3v) is 3.28. The minimum Gasteiger partial charge on any atom is -0.507 e. The van der Waals surface area contributed by atoms with Gasteiger partial charge >= 0.3 is 0 Å². The minimum atomic E-state index is 0.154. The standard InChI is InChI=1S/C16H20N2O2/c1-17(2)11-5-7-15(19)13(9-11)14-10-12(18(3)4)6-8-16(14)20/h5-10,19-20H,1-4H3. The summed E-state index contributed by atoms with van der Waals surface area (Å²) in [6, 6.07) is 10.7. The van der Waals surface area contributed by atoms with E-state index >= 15 is 0 Å². The molecule has 0 fully saturated rings. The van der Waals surface area contributed by atoms with E-state index in [4.69, 9.17) is 0 Å². The summed E-state index contributed by atoms with van der Waals surface area (Å²) in [5.74, 6) is 0.309. The Kier molecular flexibility index (Phi) is 3.74. The van der Waals surface area contributed by atoms with Gasteiger partial charge in [0.15, 0.2) is 0 Å². The van der Waals surface area contributed by atoms with Gasteiger partial charge in [-0.15, -0.1) is 0 Å². The average molecular weight is 272 g/mol. The topological polar surface area (TPSA) is 46.9 Å². The van der Waals surface area contributed by atoms with Crippen LogP contribution in [-0.2, 0) is 0 Å². The summed E-state index contributed by atoms with van der Waals surface area (Å²) in [6.07, 6.45) is 0. The maximum absolute atomic E-state index is 10.1. The fourth-order valence-electron chi connectivity index (χ4n) is 2.04. The molecule has 106 valence electrons. The molecule has 0 spiro atoms. The van der Waals surface area contributed by atoms with E-state index in [2.05, 4.69) is 0 Å². The van der Waals surface area contributed by atoms with E-state index in [1.165, 1.54) is 0 Å². The number of phenolic OH excluding ortho intramolecular Hbond substituents is 2. The van der Waals surface area contributed by atoms with Gasteiger partial charge in [-0.1, -0.05) is 0 Å². The molecule has 0 heterocycles. The van der Waals surface area contributed by atoms with Crippen LogP contribution in [0, 0.1) is 0 Å². The molecule has 4 heteroatoms. The van der Waals surface area contributed by atoms with Crippen molar-refractivity contribution in [3.63, 3.8) is 0 Å². The Morgan fingerprint density at radius 3 is 1.30 bits per heavy atom. The molecule has 0 aliphatic rings. The molecular formula is C16H20N2O2. The molecular weight excluding hydrogens is 252 g/mol. The lowest BCUT2D eigenvalue weighted by molar-refractivity contribution is 0.469. The van der Waals surface area contributed by atoms with Gasteiger partial charge in [0, 0.05) is 50.7 Å². The van der Waals surface area contributed by atoms with Crippen LogP contribution >= 0.6 is 0 Å². The van der Waals surface area contributed by atoms with Crippen LogP contribution in [0.25, 0.3) is 11.1 Å². The van der Waals surface area contributed by atoms with Crippen LogP contribution in [0.5, 0.6) is 11.5 Å². The van der Waals surface area contributed by atoms with Crippen LogP contribution in [-0.4, -0.2) is 38.4 Å². The molecule has 0 saturated heterocycles. The summed E-state index contributed by atoms with van der Waals surface area (Å²) in [5.41, 5.74) is 3.18. The monoisotopic (exact) mass is 272 g/mol. The normalized spacial score (nSPS) is 10.4. The Bertz CT molecular complexity index is 566. The third kappa shape index (κ3) is 2.64. The Morgan fingerprint density at radius 1 is 0.650 bits per heavy atom. The van der Waals surface area contributed by atoms with Crippen molar-refractivity contribution >= 4 is 11.4 Å². The first-order valence-electron chi connectivity index (χ1n) is 6.41. The zero-order valence-electron chi connectivity index (χ0n) is 12.3. The Balaban J connectivity index is 2.61. The first-order valence-corrected chi connectivity index (χ1v) is 6.41. The van der Waals surface area contributed by atoms with E-state index in [0.717, 1.165) is 11.4 Å². The van der Waals surface area contributed by atoms with Crippen LogP contribution in [0.3, 0.4) is 0 Å². The van der Waals surface area contributed by atoms with Crippen LogP contribution < -0.4 is 9.80 Å². The molecule has 0 radical (unpaired) electrons. The number of aromatic hydroxyl groups is 2. The highest BCUT2D eigenvalue weighted by molar-refractivity contribution is 5.80. The number of anilines is 2. The van der Waals surface area contributed by atoms with Gasteiger partial charge in [-0.2, -0.15) is 0 Å². The van der Waals surface area contributed by atoms with Crippen molar-refractivity contribution in [2.45, 2.75) is 0 Å². The molecule has 0 atom stereocenters. The summed E-state index contributed by atoms with van der Waals surface area (Å²) in [5, 5.41) is 20.2. The fraction of sp³-hybridized carbons (Fsp3) is 0.250. The van der Waals surface area contributed by atoms with Crippen molar-refractivity contribution < 1.29 is 10.2 Å². The maximum atomic E-state index is 10.1. The molecule has 2 aromatic carbocycles. The summed E-state index contributed by atoms with van der Waals surface area (Å²) in [6.45, 7) is 0. The molecule has 4 nitrogen and oxygen atoms in total. The van der Waals surface area contributed by atoms with E-state index in [1.807, 2.05) is 62.3 Å². The SMILES string of the molecule is CN(C)c1ccc(O)c(-c2cc(N(C)C)ccc2O)c1. The lowest BCUT2D eigenvalue weighted by Crippen LogP contribution is -2.09. The number of benzene rings is 2. The van der Waals surface area contributed by atoms with E-state index in [-0.39, 0.29) is 11.5 Å². The van der Waals surface area contributed by atoms with Gasteiger partial charge in [0.1, 0.15) is 11.5 Å². The van der Waals surface area contributed by atoms with E-state index in [1.54, 1.807) is 12.1 Å². The molecule has 0 bridgehead atoms. The minimum absolute atomic E-state index is 0.154. The van der Waals surface area contributed by atoms with Gasteiger partial charge in [0.05, 0.1) is 0 Å². The molecule has 2 aromatic rings. The highest BCUT2D eigenvalue weighted by Gasteiger charge is 2.12. The number of phenols is 2. The van der Waals surface area contributed by atoms with Crippen molar-refractivity contribution in [2.75, 3.05) is 38.0 Å². The Morgan fingerprint density at radius 2 is 1.00 bits per heavy atom. The van der Waals surface area contributed by atoms with Gasteiger partial charge in [0.25, 0.3) is 0 Å². The second-order valence-corrected chi connectivity index (χ2v) is 5.19. The second-order valence-electron chi connectivity index (χ2n) is 5.19. The number of hydrogen-bond donors (Lipinski definition) is 2. The van der Waals surface area contributed by atoms with Crippen molar-refractivity contribution in [3.8, 4) is 22.6 Å². The smallest absolute Gasteiger partial charge is 0.123 e. The molecule has 20 heavy (non-hydrogen) atoms. The van der Waals surface area contributed by atoms with Gasteiger partial charge in [-0.3, -0.25) is 0 Å². The quantitative estimate of drug-likeness (QED) is 0.902. The first-order chi connectivity index (χ1) is 9.40. The summed E-state index contributed by atoms with van der Waals surface area (Å²) in [7, 11) is 7.75. The van der Waals surface area contributed by atoms with E-state index in [0.29, 0.717) is 11.1 Å². The molecule has 0 aliphatic carbocycles. The molecule has 0 unspecified atom stereocenters. The molecule has 0 aliphatic heterocycles. The third-order valence-electron chi connectivity index (χ3n) is 3.28. The maximum Gasteiger partial charge on any atom is 0.123 e. The Hall–Kier alpha value is -2.36. The largest absolute Gasteiger partial charge is 0.507 e. The van der Waals surface area contributed by atoms with Crippen molar-refractivity contribution in [3.05, 3.63) is 36.4 Å². The highest BCUT2D eigenvalue weighted by atomic mass is 16.3. The molecule has 0 amide bonds. The van der Waals surface area contributed by atoms with Gasteiger partial charge < -0.3 is 20.0 Å². The number of rotatable bonds is 3. The van der Waals surface area contributed by atoms with Gasteiger partial charge in [-0.25, -0.2) is 0 Å². The fourth-order valence-corrected chi connectivity index (χ4v) is 2.04. The van der Waals surface area contributed by atoms with E-state index < -0.39 is 0 Å². The second kappa shape index (κ2) is 5.33. The lowest BCUT2D eigenvalue weighted by atomic mass is 10.0. The summed E-state index contributed by atoms with van der Waals surface area (Å²) >= 11 is 0. The molecule has 0 saturated carbocycles. The van der Waals surface area contributed by atoms with Crippen LogP contribution in [0.15, 0.2) is 36.4 Å². The van der Waals surface area contributed by atoms with E-state index in [9.17, 15) is 10.2 Å². The van der Waals surface area contributed by atoms with Crippen molar-refractivity contribution in [1.82, 2.24) is 0 Å². The highest BCUT2D eigenvalue weighted by Crippen LogP contribution is 2.39. The molecule has 0 aromatic heterocycles. The summed E-state index contributed by atoms with van der Waals surface area (Å²) in [4.78, 5) is 3.91. The van der Waals surface area contributed by atoms with Crippen molar-refractivity contribution in [1.29, 1.82) is 0 Å². The lowest BCUT2D eigenvalue weighted by Gasteiger charge is -2.17. The average Bonchev–Trinajstić information content (AvgIpc) is 2.39.